The smallest absolute Gasteiger partial charge is 0.0992 e. The fourth-order valence-electron chi connectivity index (χ4n) is 1.52. The molecule has 1 unspecified atom stereocenters. The first kappa shape index (κ1) is 13.5. The predicted octanol–water partition coefficient (Wildman–Crippen LogP) is 2.79. The number of benzene rings is 1. The highest BCUT2D eigenvalue weighted by Gasteiger charge is 2.22. The summed E-state index contributed by atoms with van der Waals surface area (Å²) in [7, 11) is 0. The number of rotatable bonds is 5. The van der Waals surface area contributed by atoms with Crippen molar-refractivity contribution >= 4 is 11.6 Å². The molecular formula is C13H20ClNO. The van der Waals surface area contributed by atoms with Crippen LogP contribution in [0, 0.1) is 5.92 Å². The quantitative estimate of drug-likeness (QED) is 0.831. The van der Waals surface area contributed by atoms with Crippen LogP contribution in [0.2, 0.25) is 5.02 Å². The lowest BCUT2D eigenvalue weighted by Crippen LogP contribution is -2.36. The molecule has 0 saturated heterocycles. The zero-order valence-corrected chi connectivity index (χ0v) is 10.9. The van der Waals surface area contributed by atoms with Crippen LogP contribution in [0.3, 0.4) is 0 Å². The number of nitrogens with one attached hydrogen (secondary N) is 1. The molecule has 16 heavy (non-hydrogen) atoms. The molecule has 0 heterocycles. The number of halogens is 1. The highest BCUT2D eigenvalue weighted by atomic mass is 35.5. The Morgan fingerprint density at radius 1 is 1.31 bits per heavy atom. The summed E-state index contributed by atoms with van der Waals surface area (Å²) in [5.74, 6) is 0.584. The third-order valence-electron chi connectivity index (χ3n) is 2.49. The Morgan fingerprint density at radius 2 is 1.88 bits per heavy atom. The minimum Gasteiger partial charge on any atom is -0.384 e. The fourth-order valence-corrected chi connectivity index (χ4v) is 1.64. The van der Waals surface area contributed by atoms with Gasteiger partial charge in [0.25, 0.3) is 0 Å². The van der Waals surface area contributed by atoms with Crippen molar-refractivity contribution in [2.24, 2.45) is 5.92 Å². The van der Waals surface area contributed by atoms with Gasteiger partial charge >= 0.3 is 0 Å². The van der Waals surface area contributed by atoms with Crippen molar-refractivity contribution in [1.82, 2.24) is 5.32 Å². The summed E-state index contributed by atoms with van der Waals surface area (Å²) in [5, 5.41) is 14.2. The molecule has 0 aliphatic rings. The van der Waals surface area contributed by atoms with Crippen LogP contribution in [0.15, 0.2) is 24.3 Å². The zero-order chi connectivity index (χ0) is 12.2. The van der Waals surface area contributed by atoms with Gasteiger partial charge in [-0.1, -0.05) is 37.6 Å². The molecule has 2 N–H and O–H groups in total. The highest BCUT2D eigenvalue weighted by molar-refractivity contribution is 6.30. The van der Waals surface area contributed by atoms with Crippen LogP contribution in [0.25, 0.3) is 0 Å². The molecule has 1 aromatic rings. The molecule has 1 atom stereocenters. The maximum atomic E-state index is 10.3. The molecule has 0 radical (unpaired) electrons. The van der Waals surface area contributed by atoms with E-state index in [4.69, 9.17) is 11.6 Å². The molecule has 0 amide bonds. The summed E-state index contributed by atoms with van der Waals surface area (Å²) in [6, 6.07) is 7.32. The third kappa shape index (κ3) is 4.12. The van der Waals surface area contributed by atoms with E-state index in [2.05, 4.69) is 19.2 Å². The number of aliphatic hydroxyl groups is 1. The molecule has 90 valence electrons. The second kappa shape index (κ2) is 5.67. The lowest BCUT2D eigenvalue weighted by Gasteiger charge is -2.25. The van der Waals surface area contributed by atoms with Crippen LogP contribution in [-0.2, 0) is 5.60 Å². The van der Waals surface area contributed by atoms with Crippen LogP contribution in [0.4, 0.5) is 0 Å². The van der Waals surface area contributed by atoms with Crippen molar-refractivity contribution in [3.05, 3.63) is 34.9 Å². The first-order valence-electron chi connectivity index (χ1n) is 5.61. The van der Waals surface area contributed by atoms with E-state index in [0.717, 1.165) is 12.1 Å². The normalized spacial score (nSPS) is 15.1. The Hall–Kier alpha value is -0.570. The van der Waals surface area contributed by atoms with E-state index >= 15 is 0 Å². The van der Waals surface area contributed by atoms with Gasteiger partial charge in [0, 0.05) is 11.6 Å². The van der Waals surface area contributed by atoms with E-state index in [1.165, 1.54) is 0 Å². The van der Waals surface area contributed by atoms with Gasteiger partial charge in [-0.2, -0.15) is 0 Å². The molecule has 3 heteroatoms. The molecule has 1 rings (SSSR count). The van der Waals surface area contributed by atoms with Crippen molar-refractivity contribution in [1.29, 1.82) is 0 Å². The SMILES string of the molecule is CC(C)CNCC(C)(O)c1ccc(Cl)cc1. The van der Waals surface area contributed by atoms with Crippen molar-refractivity contribution in [3.8, 4) is 0 Å². The molecule has 0 fully saturated rings. The molecule has 0 saturated carbocycles. The monoisotopic (exact) mass is 241 g/mol. The van der Waals surface area contributed by atoms with Gasteiger partial charge in [-0.05, 0) is 37.1 Å². The van der Waals surface area contributed by atoms with Crippen molar-refractivity contribution in [3.63, 3.8) is 0 Å². The van der Waals surface area contributed by atoms with Crippen molar-refractivity contribution in [2.45, 2.75) is 26.4 Å². The van der Waals surface area contributed by atoms with E-state index in [1.807, 2.05) is 19.1 Å². The minimum absolute atomic E-state index is 0.548. The first-order chi connectivity index (χ1) is 7.42. The van der Waals surface area contributed by atoms with Gasteiger partial charge in [-0.15, -0.1) is 0 Å². The lowest BCUT2D eigenvalue weighted by molar-refractivity contribution is 0.0564. The Labute approximate surface area is 103 Å². The standard InChI is InChI=1S/C13H20ClNO/c1-10(2)8-15-9-13(3,16)11-4-6-12(14)7-5-11/h4-7,10,15-16H,8-9H2,1-3H3. The molecule has 0 bridgehead atoms. The van der Waals surface area contributed by atoms with E-state index in [-0.39, 0.29) is 0 Å². The van der Waals surface area contributed by atoms with E-state index in [9.17, 15) is 5.11 Å². The molecule has 1 aromatic carbocycles. The largest absolute Gasteiger partial charge is 0.384 e. The molecule has 0 aliphatic heterocycles. The van der Waals surface area contributed by atoms with Crippen molar-refractivity contribution in [2.75, 3.05) is 13.1 Å². The second-order valence-corrected chi connectivity index (χ2v) is 5.24. The van der Waals surface area contributed by atoms with Crippen LogP contribution in [-0.4, -0.2) is 18.2 Å². The maximum Gasteiger partial charge on any atom is 0.0992 e. The van der Waals surface area contributed by atoms with Gasteiger partial charge < -0.3 is 10.4 Å². The Bertz CT molecular complexity index is 319. The maximum absolute atomic E-state index is 10.3. The van der Waals surface area contributed by atoms with Gasteiger partial charge in [0.05, 0.1) is 5.60 Å². The summed E-state index contributed by atoms with van der Waals surface area (Å²) in [6.07, 6.45) is 0. The molecule has 0 aliphatic carbocycles. The zero-order valence-electron chi connectivity index (χ0n) is 10.1. The molecule has 2 nitrogen and oxygen atoms in total. The van der Waals surface area contributed by atoms with E-state index < -0.39 is 5.60 Å². The third-order valence-corrected chi connectivity index (χ3v) is 2.74. The van der Waals surface area contributed by atoms with Crippen LogP contribution in [0.5, 0.6) is 0 Å². The van der Waals surface area contributed by atoms with Gasteiger partial charge in [0.2, 0.25) is 0 Å². The van der Waals surface area contributed by atoms with Crippen LogP contribution < -0.4 is 5.32 Å². The van der Waals surface area contributed by atoms with E-state index in [1.54, 1.807) is 12.1 Å². The van der Waals surface area contributed by atoms with Crippen LogP contribution >= 0.6 is 11.6 Å². The Balaban J connectivity index is 2.59. The molecular weight excluding hydrogens is 222 g/mol. The average Bonchev–Trinajstić information content (AvgIpc) is 2.17. The highest BCUT2D eigenvalue weighted by Crippen LogP contribution is 2.21. The van der Waals surface area contributed by atoms with Crippen molar-refractivity contribution < 1.29 is 5.11 Å². The fraction of sp³-hybridized carbons (Fsp3) is 0.538. The summed E-state index contributed by atoms with van der Waals surface area (Å²) < 4.78 is 0. The summed E-state index contributed by atoms with van der Waals surface area (Å²) in [5.41, 5.74) is 0.0348. The summed E-state index contributed by atoms with van der Waals surface area (Å²) in [4.78, 5) is 0. The van der Waals surface area contributed by atoms with Crippen LogP contribution in [0.1, 0.15) is 26.3 Å². The first-order valence-corrected chi connectivity index (χ1v) is 5.99. The molecule has 0 aromatic heterocycles. The topological polar surface area (TPSA) is 32.3 Å². The summed E-state index contributed by atoms with van der Waals surface area (Å²) >= 11 is 5.81. The number of hydrogen-bond acceptors (Lipinski definition) is 2. The summed E-state index contributed by atoms with van der Waals surface area (Å²) in [6.45, 7) is 7.55. The Morgan fingerprint density at radius 3 is 2.38 bits per heavy atom. The Kier molecular flexibility index (Phi) is 4.78. The second-order valence-electron chi connectivity index (χ2n) is 4.81. The van der Waals surface area contributed by atoms with Gasteiger partial charge in [0.15, 0.2) is 0 Å². The van der Waals surface area contributed by atoms with Gasteiger partial charge in [0.1, 0.15) is 0 Å². The minimum atomic E-state index is -0.848. The van der Waals surface area contributed by atoms with E-state index in [0.29, 0.717) is 17.5 Å². The predicted molar refractivity (Wildman–Crippen MR) is 68.7 cm³/mol. The average molecular weight is 242 g/mol. The van der Waals surface area contributed by atoms with Gasteiger partial charge in [-0.3, -0.25) is 0 Å². The van der Waals surface area contributed by atoms with Gasteiger partial charge in [-0.25, -0.2) is 0 Å². The number of hydrogen-bond donors (Lipinski definition) is 2. The molecule has 0 spiro atoms. The lowest BCUT2D eigenvalue weighted by atomic mass is 9.96.